The van der Waals surface area contributed by atoms with E-state index in [4.69, 9.17) is 10.5 Å². The highest BCUT2D eigenvalue weighted by atomic mass is 16.5. The fraction of sp³-hybridized carbons (Fsp3) is 0.308. The van der Waals surface area contributed by atoms with Crippen LogP contribution in [-0.2, 0) is 4.74 Å². The first-order valence-electron chi connectivity index (χ1n) is 5.40. The summed E-state index contributed by atoms with van der Waals surface area (Å²) in [4.78, 5) is 11.3. The van der Waals surface area contributed by atoms with Crippen LogP contribution in [0.4, 0.5) is 10.5 Å². The molecule has 1 aromatic rings. The Hall–Kier alpha value is -1.99. The normalized spacial score (nSPS) is 9.12. The fourth-order valence-corrected chi connectivity index (χ4v) is 1.29. The predicted octanol–water partition coefficient (Wildman–Crippen LogP) is 1.87. The van der Waals surface area contributed by atoms with Gasteiger partial charge in [0, 0.05) is 5.56 Å². The van der Waals surface area contributed by atoms with Crippen molar-refractivity contribution in [3.05, 3.63) is 29.3 Å². The molecule has 0 aliphatic rings. The zero-order valence-electron chi connectivity index (χ0n) is 10.0. The number of anilines is 1. The maximum absolute atomic E-state index is 11.3. The van der Waals surface area contributed by atoms with Crippen LogP contribution in [-0.4, -0.2) is 19.2 Å². The van der Waals surface area contributed by atoms with Gasteiger partial charge in [-0.1, -0.05) is 17.9 Å². The number of ether oxygens (including phenoxy) is 1. The highest BCUT2D eigenvalue weighted by Crippen LogP contribution is 2.16. The van der Waals surface area contributed by atoms with Crippen molar-refractivity contribution in [3.63, 3.8) is 0 Å². The Labute approximate surface area is 101 Å². The van der Waals surface area contributed by atoms with E-state index in [0.717, 1.165) is 11.1 Å². The van der Waals surface area contributed by atoms with Gasteiger partial charge in [-0.2, -0.15) is 0 Å². The van der Waals surface area contributed by atoms with E-state index in [0.29, 0.717) is 12.3 Å². The molecule has 0 spiro atoms. The first-order chi connectivity index (χ1) is 8.17. The minimum Gasteiger partial charge on any atom is -0.450 e. The third-order valence-corrected chi connectivity index (χ3v) is 2.01. The Bertz CT molecular complexity index is 458. The van der Waals surface area contributed by atoms with Gasteiger partial charge in [0.05, 0.1) is 18.8 Å². The van der Waals surface area contributed by atoms with Gasteiger partial charge >= 0.3 is 6.09 Å². The lowest BCUT2D eigenvalue weighted by Crippen LogP contribution is -2.14. The second-order valence-electron chi connectivity index (χ2n) is 3.40. The lowest BCUT2D eigenvalue weighted by molar-refractivity contribution is 0.168. The molecule has 0 radical (unpaired) electrons. The van der Waals surface area contributed by atoms with Gasteiger partial charge in [-0.05, 0) is 31.5 Å². The molecule has 1 rings (SSSR count). The van der Waals surface area contributed by atoms with E-state index in [2.05, 4.69) is 17.2 Å². The van der Waals surface area contributed by atoms with Crippen molar-refractivity contribution in [1.29, 1.82) is 0 Å². The molecule has 3 N–H and O–H groups in total. The highest BCUT2D eigenvalue weighted by Gasteiger charge is 2.05. The van der Waals surface area contributed by atoms with Crippen LogP contribution in [0.15, 0.2) is 18.2 Å². The Morgan fingerprint density at radius 3 is 2.94 bits per heavy atom. The average Bonchev–Trinajstić information content (AvgIpc) is 2.30. The number of benzene rings is 1. The van der Waals surface area contributed by atoms with Crippen LogP contribution in [0.5, 0.6) is 0 Å². The molecular formula is C13H16N2O2. The topological polar surface area (TPSA) is 64.3 Å². The van der Waals surface area contributed by atoms with Crippen LogP contribution < -0.4 is 11.1 Å². The number of nitrogens with two attached hydrogens (primary N) is 1. The van der Waals surface area contributed by atoms with Crippen molar-refractivity contribution in [2.24, 2.45) is 5.73 Å². The lowest BCUT2D eigenvalue weighted by atomic mass is 10.1. The van der Waals surface area contributed by atoms with Crippen molar-refractivity contribution in [3.8, 4) is 11.8 Å². The van der Waals surface area contributed by atoms with Crippen LogP contribution in [0.1, 0.15) is 18.1 Å². The number of hydrogen-bond donors (Lipinski definition) is 2. The Balaban J connectivity index is 2.94. The van der Waals surface area contributed by atoms with Crippen molar-refractivity contribution >= 4 is 11.8 Å². The third-order valence-electron chi connectivity index (χ3n) is 2.01. The fourth-order valence-electron chi connectivity index (χ4n) is 1.29. The number of hydrogen-bond acceptors (Lipinski definition) is 3. The van der Waals surface area contributed by atoms with Crippen molar-refractivity contribution < 1.29 is 9.53 Å². The zero-order chi connectivity index (χ0) is 12.7. The van der Waals surface area contributed by atoms with E-state index < -0.39 is 6.09 Å². The predicted molar refractivity (Wildman–Crippen MR) is 67.8 cm³/mol. The Morgan fingerprint density at radius 1 is 1.53 bits per heavy atom. The van der Waals surface area contributed by atoms with E-state index in [-0.39, 0.29) is 6.54 Å². The largest absolute Gasteiger partial charge is 0.450 e. The highest BCUT2D eigenvalue weighted by molar-refractivity contribution is 5.86. The minimum absolute atomic E-state index is 0.285. The number of nitrogens with one attached hydrogen (secondary N) is 1. The Kier molecular flexibility index (Phi) is 5.05. The summed E-state index contributed by atoms with van der Waals surface area (Å²) in [5.41, 5.74) is 7.77. The van der Waals surface area contributed by atoms with Gasteiger partial charge in [0.25, 0.3) is 0 Å². The number of amides is 1. The first-order valence-corrected chi connectivity index (χ1v) is 5.40. The van der Waals surface area contributed by atoms with Gasteiger partial charge < -0.3 is 10.5 Å². The molecule has 1 amide bonds. The van der Waals surface area contributed by atoms with E-state index in [1.54, 1.807) is 13.0 Å². The molecule has 0 bridgehead atoms. The second-order valence-corrected chi connectivity index (χ2v) is 3.40. The van der Waals surface area contributed by atoms with Gasteiger partial charge in [0.1, 0.15) is 0 Å². The van der Waals surface area contributed by atoms with Gasteiger partial charge in [0.15, 0.2) is 0 Å². The molecular weight excluding hydrogens is 216 g/mol. The number of carbonyl (C=O) groups is 1. The first kappa shape index (κ1) is 13.1. The Morgan fingerprint density at radius 2 is 2.29 bits per heavy atom. The van der Waals surface area contributed by atoms with Crippen molar-refractivity contribution in [2.75, 3.05) is 18.5 Å². The summed E-state index contributed by atoms with van der Waals surface area (Å²) < 4.78 is 4.81. The van der Waals surface area contributed by atoms with Crippen molar-refractivity contribution in [2.45, 2.75) is 13.8 Å². The molecule has 0 aliphatic carbocycles. The monoisotopic (exact) mass is 232 g/mol. The molecule has 4 heteroatoms. The molecule has 0 fully saturated rings. The van der Waals surface area contributed by atoms with Gasteiger partial charge in [-0.25, -0.2) is 4.79 Å². The van der Waals surface area contributed by atoms with E-state index in [9.17, 15) is 4.79 Å². The van der Waals surface area contributed by atoms with Gasteiger partial charge in [-0.15, -0.1) is 0 Å². The number of carbonyl (C=O) groups excluding carboxylic acids is 1. The minimum atomic E-state index is -0.479. The summed E-state index contributed by atoms with van der Waals surface area (Å²) in [7, 11) is 0. The summed E-state index contributed by atoms with van der Waals surface area (Å²) in [6.07, 6.45) is -0.479. The lowest BCUT2D eigenvalue weighted by Gasteiger charge is -2.08. The molecule has 0 unspecified atom stereocenters. The third kappa shape index (κ3) is 4.17. The molecule has 1 aromatic carbocycles. The maximum Gasteiger partial charge on any atom is 0.411 e. The van der Waals surface area contributed by atoms with E-state index in [1.807, 2.05) is 19.1 Å². The molecule has 90 valence electrons. The summed E-state index contributed by atoms with van der Waals surface area (Å²) in [6, 6.07) is 5.59. The second kappa shape index (κ2) is 6.56. The van der Waals surface area contributed by atoms with Crippen molar-refractivity contribution in [1.82, 2.24) is 0 Å². The zero-order valence-corrected chi connectivity index (χ0v) is 10.0. The van der Waals surface area contributed by atoms with Gasteiger partial charge in [-0.3, -0.25) is 5.32 Å². The summed E-state index contributed by atoms with van der Waals surface area (Å²) in [5.74, 6) is 5.68. The van der Waals surface area contributed by atoms with Crippen LogP contribution in [0.25, 0.3) is 0 Å². The number of aryl methyl sites for hydroxylation is 1. The molecule has 17 heavy (non-hydrogen) atoms. The molecule has 0 saturated carbocycles. The van der Waals surface area contributed by atoms with Crippen LogP contribution in [0, 0.1) is 18.8 Å². The molecule has 0 aliphatic heterocycles. The number of rotatable bonds is 2. The summed E-state index contributed by atoms with van der Waals surface area (Å²) in [5, 5.41) is 2.64. The van der Waals surface area contributed by atoms with Crippen LogP contribution in [0.3, 0.4) is 0 Å². The standard InChI is InChI=1S/C13H16N2O2/c1-3-17-13(16)15-12-7-6-10(2)9-11(12)5-4-8-14/h6-7,9H,3,8,14H2,1-2H3,(H,15,16). The molecule has 0 heterocycles. The molecule has 0 saturated heterocycles. The summed E-state index contributed by atoms with van der Waals surface area (Å²) in [6.45, 7) is 4.33. The maximum atomic E-state index is 11.3. The quantitative estimate of drug-likeness (QED) is 0.765. The molecule has 4 nitrogen and oxygen atoms in total. The summed E-state index contributed by atoms with van der Waals surface area (Å²) >= 11 is 0. The van der Waals surface area contributed by atoms with Gasteiger partial charge in [0.2, 0.25) is 0 Å². The molecule has 0 aromatic heterocycles. The van der Waals surface area contributed by atoms with Crippen LogP contribution >= 0.6 is 0 Å². The van der Waals surface area contributed by atoms with Crippen LogP contribution in [0.2, 0.25) is 0 Å². The molecule has 0 atom stereocenters. The van der Waals surface area contributed by atoms with E-state index >= 15 is 0 Å². The average molecular weight is 232 g/mol. The van der Waals surface area contributed by atoms with E-state index in [1.165, 1.54) is 0 Å². The smallest absolute Gasteiger partial charge is 0.411 e. The SMILES string of the molecule is CCOC(=O)Nc1ccc(C)cc1C#CCN.